The summed E-state index contributed by atoms with van der Waals surface area (Å²) >= 11 is 0. The number of fused-ring (bicyclic) bond motifs is 1. The van der Waals surface area contributed by atoms with Gasteiger partial charge in [-0.15, -0.1) is 0 Å². The summed E-state index contributed by atoms with van der Waals surface area (Å²) in [6.45, 7) is 6.58. The molecule has 0 amide bonds. The third-order valence-corrected chi connectivity index (χ3v) is 7.65. The van der Waals surface area contributed by atoms with Crippen LogP contribution in [0.5, 0.6) is 0 Å². The highest BCUT2D eigenvalue weighted by atomic mass is 32.2. The molecule has 4 heterocycles. The van der Waals surface area contributed by atoms with E-state index in [0.717, 1.165) is 36.3 Å². The number of pyridine rings is 1. The highest BCUT2D eigenvalue weighted by Crippen LogP contribution is 2.32. The summed E-state index contributed by atoms with van der Waals surface area (Å²) in [6, 6.07) is 3.88. The topological polar surface area (TPSA) is 85.9 Å². The van der Waals surface area contributed by atoms with Gasteiger partial charge in [-0.2, -0.15) is 9.40 Å². The van der Waals surface area contributed by atoms with Gasteiger partial charge in [0.2, 0.25) is 10.0 Å². The van der Waals surface area contributed by atoms with Gasteiger partial charge in [0, 0.05) is 32.8 Å². The molecule has 0 N–H and O–H groups in total. The Bertz CT molecular complexity index is 1130. The van der Waals surface area contributed by atoms with Crippen LogP contribution in [0.25, 0.3) is 11.2 Å². The van der Waals surface area contributed by atoms with Gasteiger partial charge in [0.25, 0.3) is 0 Å². The first-order valence-corrected chi connectivity index (χ1v) is 11.1. The molecular formula is C19H26N6O2S. The van der Waals surface area contributed by atoms with Crippen molar-refractivity contribution in [1.82, 2.24) is 28.6 Å². The quantitative estimate of drug-likeness (QED) is 0.654. The summed E-state index contributed by atoms with van der Waals surface area (Å²) in [6.07, 6.45) is 4.34. The Balaban J connectivity index is 1.70. The molecule has 0 aromatic carbocycles. The van der Waals surface area contributed by atoms with Gasteiger partial charge in [-0.3, -0.25) is 4.68 Å². The van der Waals surface area contributed by atoms with Crippen molar-refractivity contribution >= 4 is 21.2 Å². The van der Waals surface area contributed by atoms with Crippen molar-refractivity contribution in [2.24, 2.45) is 7.05 Å². The third-order valence-electron chi connectivity index (χ3n) is 5.53. The molecule has 8 nitrogen and oxygen atoms in total. The van der Waals surface area contributed by atoms with Crippen LogP contribution in [0.1, 0.15) is 43.0 Å². The molecule has 0 saturated carbocycles. The Morgan fingerprint density at radius 2 is 2.07 bits per heavy atom. The van der Waals surface area contributed by atoms with Crippen LogP contribution < -0.4 is 0 Å². The predicted octanol–water partition coefficient (Wildman–Crippen LogP) is 2.37. The Kier molecular flexibility index (Phi) is 4.75. The van der Waals surface area contributed by atoms with Gasteiger partial charge in [-0.05, 0) is 38.8 Å². The van der Waals surface area contributed by atoms with Crippen LogP contribution in [0.4, 0.5) is 0 Å². The van der Waals surface area contributed by atoms with Crippen LogP contribution in [0.3, 0.4) is 0 Å². The molecule has 28 heavy (non-hydrogen) atoms. The fourth-order valence-corrected chi connectivity index (χ4v) is 6.05. The number of sulfonamides is 1. The van der Waals surface area contributed by atoms with Crippen molar-refractivity contribution < 1.29 is 8.42 Å². The smallest absolute Gasteiger partial charge is 0.246 e. The lowest BCUT2D eigenvalue weighted by molar-refractivity contribution is 0.448. The van der Waals surface area contributed by atoms with Crippen molar-refractivity contribution in [2.45, 2.75) is 51.0 Å². The lowest BCUT2D eigenvalue weighted by Gasteiger charge is -2.19. The molecule has 0 spiro atoms. The minimum absolute atomic E-state index is 0.0357. The monoisotopic (exact) mass is 402 g/mol. The van der Waals surface area contributed by atoms with E-state index in [4.69, 9.17) is 4.98 Å². The van der Waals surface area contributed by atoms with Crippen molar-refractivity contribution in [3.8, 4) is 0 Å². The number of aryl methyl sites for hydroxylation is 3. The van der Waals surface area contributed by atoms with Gasteiger partial charge >= 0.3 is 0 Å². The summed E-state index contributed by atoms with van der Waals surface area (Å²) in [5, 5.41) is 4.28. The Morgan fingerprint density at radius 1 is 1.29 bits per heavy atom. The predicted molar refractivity (Wildman–Crippen MR) is 107 cm³/mol. The largest absolute Gasteiger partial charge is 0.308 e. The lowest BCUT2D eigenvalue weighted by atomic mass is 10.2. The number of rotatable bonds is 5. The first-order chi connectivity index (χ1) is 13.3. The number of hydrogen-bond donors (Lipinski definition) is 0. The van der Waals surface area contributed by atoms with E-state index in [2.05, 4.69) is 21.6 Å². The normalized spacial score (nSPS) is 18.4. The zero-order valence-electron chi connectivity index (χ0n) is 16.8. The van der Waals surface area contributed by atoms with Crippen molar-refractivity contribution in [3.05, 3.63) is 35.5 Å². The maximum atomic E-state index is 13.3. The Morgan fingerprint density at radius 3 is 2.75 bits per heavy atom. The molecule has 150 valence electrons. The maximum absolute atomic E-state index is 13.3. The zero-order chi connectivity index (χ0) is 20.1. The van der Waals surface area contributed by atoms with Gasteiger partial charge in [-0.1, -0.05) is 6.92 Å². The number of nitrogens with zero attached hydrogens (tertiary/aromatic N) is 6. The summed E-state index contributed by atoms with van der Waals surface area (Å²) in [5.41, 5.74) is 2.92. The van der Waals surface area contributed by atoms with E-state index < -0.39 is 10.0 Å². The molecule has 0 aliphatic carbocycles. The molecule has 1 fully saturated rings. The maximum Gasteiger partial charge on any atom is 0.246 e. The summed E-state index contributed by atoms with van der Waals surface area (Å²) in [4.78, 5) is 9.60. The Hall–Kier alpha value is -2.26. The molecular weight excluding hydrogens is 376 g/mol. The van der Waals surface area contributed by atoms with Gasteiger partial charge in [0.15, 0.2) is 5.65 Å². The summed E-state index contributed by atoms with van der Waals surface area (Å²) < 4.78 is 32.0. The first-order valence-electron chi connectivity index (χ1n) is 9.66. The molecule has 1 aliphatic heterocycles. The fraction of sp³-hybridized carbons (Fsp3) is 0.526. The molecule has 3 aromatic rings. The molecule has 1 saturated heterocycles. The summed E-state index contributed by atoms with van der Waals surface area (Å²) in [5.74, 6) is 0.981. The van der Waals surface area contributed by atoms with Crippen molar-refractivity contribution in [1.29, 1.82) is 0 Å². The van der Waals surface area contributed by atoms with Crippen LogP contribution >= 0.6 is 0 Å². The number of hydrogen-bond acceptors (Lipinski definition) is 5. The van der Waals surface area contributed by atoms with E-state index in [1.165, 1.54) is 0 Å². The van der Waals surface area contributed by atoms with Crippen LogP contribution in [0.2, 0.25) is 0 Å². The van der Waals surface area contributed by atoms with Crippen molar-refractivity contribution in [3.63, 3.8) is 0 Å². The molecule has 1 aliphatic rings. The van der Waals surface area contributed by atoms with E-state index in [1.807, 2.05) is 12.1 Å². The lowest BCUT2D eigenvalue weighted by Crippen LogP contribution is -2.30. The van der Waals surface area contributed by atoms with Crippen LogP contribution in [-0.4, -0.2) is 50.1 Å². The molecule has 0 bridgehead atoms. The van der Waals surface area contributed by atoms with E-state index in [0.29, 0.717) is 29.4 Å². The average Bonchev–Trinajstić information content (AvgIpc) is 3.31. The highest BCUT2D eigenvalue weighted by molar-refractivity contribution is 7.89. The van der Waals surface area contributed by atoms with E-state index in [1.54, 1.807) is 36.1 Å². The number of imidazole rings is 1. The van der Waals surface area contributed by atoms with E-state index in [-0.39, 0.29) is 6.04 Å². The van der Waals surface area contributed by atoms with E-state index in [9.17, 15) is 8.42 Å². The Labute approximate surface area is 165 Å². The van der Waals surface area contributed by atoms with Crippen LogP contribution in [-0.2, 0) is 23.5 Å². The standard InChI is InChI=1S/C19H26N6O2S/c1-5-7-17-21-16-8-6-10-20-19(16)25(17)15-9-11-24(12-15)28(26,27)18-13(2)22-23(4)14(18)3/h6,8,10,15H,5,7,9,11-12H2,1-4H3/t15-/m0/s1. The second kappa shape index (κ2) is 6.97. The third kappa shape index (κ3) is 2.93. The molecule has 1 atom stereocenters. The van der Waals surface area contributed by atoms with Gasteiger partial charge < -0.3 is 4.57 Å². The average molecular weight is 403 g/mol. The highest BCUT2D eigenvalue weighted by Gasteiger charge is 2.37. The molecule has 4 rings (SSSR count). The van der Waals surface area contributed by atoms with Gasteiger partial charge in [-0.25, -0.2) is 18.4 Å². The minimum atomic E-state index is -3.59. The first kappa shape index (κ1) is 19.1. The molecule has 3 aromatic heterocycles. The molecule has 9 heteroatoms. The summed E-state index contributed by atoms with van der Waals surface area (Å²) in [7, 11) is -1.81. The second-order valence-electron chi connectivity index (χ2n) is 7.42. The zero-order valence-corrected chi connectivity index (χ0v) is 17.6. The van der Waals surface area contributed by atoms with Crippen molar-refractivity contribution in [2.75, 3.05) is 13.1 Å². The fourth-order valence-electron chi connectivity index (χ4n) is 4.16. The van der Waals surface area contributed by atoms with Crippen LogP contribution in [0.15, 0.2) is 23.2 Å². The minimum Gasteiger partial charge on any atom is -0.308 e. The molecule has 0 radical (unpaired) electrons. The second-order valence-corrected chi connectivity index (χ2v) is 9.30. The number of aromatic nitrogens is 5. The SMILES string of the molecule is CCCc1nc2cccnc2n1[C@H]1CCN(S(=O)(=O)c2c(C)nn(C)c2C)C1. The van der Waals surface area contributed by atoms with Crippen LogP contribution in [0, 0.1) is 13.8 Å². The van der Waals surface area contributed by atoms with Gasteiger partial charge in [0.05, 0.1) is 17.4 Å². The van der Waals surface area contributed by atoms with Gasteiger partial charge in [0.1, 0.15) is 16.2 Å². The van der Waals surface area contributed by atoms with E-state index >= 15 is 0 Å². The molecule has 0 unspecified atom stereocenters.